The highest BCUT2D eigenvalue weighted by Crippen LogP contribution is 2.05. The van der Waals surface area contributed by atoms with E-state index in [0.29, 0.717) is 25.8 Å². The maximum Gasteiger partial charge on any atom is 0.408 e. The van der Waals surface area contributed by atoms with E-state index in [0.717, 1.165) is 12.5 Å². The van der Waals surface area contributed by atoms with Crippen LogP contribution in [-0.4, -0.2) is 30.6 Å². The van der Waals surface area contributed by atoms with Crippen LogP contribution in [0.1, 0.15) is 31.7 Å². The summed E-state index contributed by atoms with van der Waals surface area (Å²) in [5.41, 5.74) is 6.23. The number of ether oxygens (including phenoxy) is 2. The minimum atomic E-state index is -0.936. The van der Waals surface area contributed by atoms with E-state index in [-0.39, 0.29) is 6.61 Å². The van der Waals surface area contributed by atoms with Crippen molar-refractivity contribution in [1.29, 1.82) is 0 Å². The lowest BCUT2D eigenvalue weighted by atomic mass is 10.1. The topological polar surface area (TPSA) is 108 Å². The molecule has 0 spiro atoms. The van der Waals surface area contributed by atoms with E-state index in [2.05, 4.69) is 10.1 Å². The van der Waals surface area contributed by atoms with Gasteiger partial charge in [0.05, 0.1) is 0 Å². The highest BCUT2D eigenvalue weighted by atomic mass is 16.6. The molecule has 1 atom stereocenters. The van der Waals surface area contributed by atoms with Crippen LogP contribution in [0, 0.1) is 0 Å². The van der Waals surface area contributed by atoms with Crippen molar-refractivity contribution < 1.29 is 23.9 Å². The summed E-state index contributed by atoms with van der Waals surface area (Å²) in [4.78, 5) is 34.5. The van der Waals surface area contributed by atoms with Crippen LogP contribution < -0.4 is 11.1 Å². The van der Waals surface area contributed by atoms with Crippen molar-refractivity contribution in [3.8, 4) is 0 Å². The number of hydrogen-bond donors (Lipinski definition) is 2. The van der Waals surface area contributed by atoms with Gasteiger partial charge in [0.2, 0.25) is 0 Å². The fraction of sp³-hybridized carbons (Fsp3) is 0.438. The first-order valence-electron chi connectivity index (χ1n) is 7.42. The summed E-state index contributed by atoms with van der Waals surface area (Å²) in [6.45, 7) is 1.69. The molecule has 0 unspecified atom stereocenters. The van der Waals surface area contributed by atoms with E-state index in [9.17, 15) is 14.4 Å². The highest BCUT2D eigenvalue weighted by molar-refractivity contribution is 5.89. The predicted octanol–water partition coefficient (Wildman–Crippen LogP) is 1.50. The Morgan fingerprint density at radius 2 is 1.87 bits per heavy atom. The average molecular weight is 322 g/mol. The van der Waals surface area contributed by atoms with Crippen LogP contribution in [-0.2, 0) is 25.7 Å². The van der Waals surface area contributed by atoms with Crippen LogP contribution in [0.4, 0.5) is 4.79 Å². The van der Waals surface area contributed by atoms with E-state index < -0.39 is 24.1 Å². The molecular weight excluding hydrogens is 300 g/mol. The van der Waals surface area contributed by atoms with Gasteiger partial charge >= 0.3 is 18.0 Å². The van der Waals surface area contributed by atoms with E-state index in [1.54, 1.807) is 0 Å². The molecule has 0 aromatic heterocycles. The molecule has 0 fully saturated rings. The van der Waals surface area contributed by atoms with E-state index in [1.807, 2.05) is 30.3 Å². The minimum Gasteiger partial charge on any atom is -0.445 e. The molecule has 1 rings (SSSR count). The summed E-state index contributed by atoms with van der Waals surface area (Å²) < 4.78 is 9.58. The van der Waals surface area contributed by atoms with Gasteiger partial charge in [-0.3, -0.25) is 4.79 Å². The molecule has 0 bridgehead atoms. The summed E-state index contributed by atoms with van der Waals surface area (Å²) in [5, 5.41) is 2.42. The molecule has 3 N–H and O–H groups in total. The second kappa shape index (κ2) is 10.3. The fourth-order valence-electron chi connectivity index (χ4n) is 1.86. The smallest absolute Gasteiger partial charge is 0.408 e. The third kappa shape index (κ3) is 7.96. The number of esters is 2. The number of rotatable bonds is 8. The Hall–Kier alpha value is -2.41. The normalized spacial score (nSPS) is 11.4. The van der Waals surface area contributed by atoms with Gasteiger partial charge in [-0.05, 0) is 31.4 Å². The second-order valence-corrected chi connectivity index (χ2v) is 4.96. The Kier molecular flexibility index (Phi) is 8.38. The summed E-state index contributed by atoms with van der Waals surface area (Å²) in [6.07, 6.45) is 0.897. The Morgan fingerprint density at radius 3 is 2.48 bits per heavy atom. The Balaban J connectivity index is 2.51. The summed E-state index contributed by atoms with van der Waals surface area (Å²) in [5.74, 6) is -1.52. The number of benzene rings is 1. The molecule has 0 heterocycles. The highest BCUT2D eigenvalue weighted by Gasteiger charge is 2.23. The molecule has 0 saturated heterocycles. The van der Waals surface area contributed by atoms with Gasteiger partial charge in [0, 0.05) is 6.92 Å². The third-order valence-corrected chi connectivity index (χ3v) is 2.98. The van der Waals surface area contributed by atoms with Gasteiger partial charge in [-0.2, -0.15) is 0 Å². The predicted molar refractivity (Wildman–Crippen MR) is 83.2 cm³/mol. The molecule has 7 heteroatoms. The molecule has 1 aromatic rings. The lowest BCUT2D eigenvalue weighted by Crippen LogP contribution is -2.42. The third-order valence-electron chi connectivity index (χ3n) is 2.98. The molecule has 126 valence electrons. The molecular formula is C16H22N2O5. The van der Waals surface area contributed by atoms with Crippen LogP contribution in [0.3, 0.4) is 0 Å². The Morgan fingerprint density at radius 1 is 1.17 bits per heavy atom. The van der Waals surface area contributed by atoms with Crippen LogP contribution in [0.2, 0.25) is 0 Å². The first kappa shape index (κ1) is 18.6. The lowest BCUT2D eigenvalue weighted by Gasteiger charge is -2.16. The number of alkyl carbamates (subject to hydrolysis) is 1. The maximum absolute atomic E-state index is 11.8. The van der Waals surface area contributed by atoms with Gasteiger partial charge in [-0.1, -0.05) is 30.3 Å². The van der Waals surface area contributed by atoms with Crippen LogP contribution in [0.25, 0.3) is 0 Å². The summed E-state index contributed by atoms with van der Waals surface area (Å²) in [6, 6.07) is 8.21. The number of unbranched alkanes of at least 4 members (excludes halogenated alkanes) is 1. The molecule has 1 aromatic carbocycles. The van der Waals surface area contributed by atoms with Gasteiger partial charge < -0.3 is 20.5 Å². The lowest BCUT2D eigenvalue weighted by molar-refractivity contribution is -0.159. The first-order chi connectivity index (χ1) is 11.0. The quantitative estimate of drug-likeness (QED) is 0.426. The van der Waals surface area contributed by atoms with Crippen molar-refractivity contribution in [1.82, 2.24) is 5.32 Å². The Bertz CT molecular complexity index is 518. The largest absolute Gasteiger partial charge is 0.445 e. The number of hydrogen-bond acceptors (Lipinski definition) is 6. The molecule has 23 heavy (non-hydrogen) atoms. The van der Waals surface area contributed by atoms with Crippen molar-refractivity contribution in [2.45, 2.75) is 38.8 Å². The van der Waals surface area contributed by atoms with Crippen LogP contribution in [0.5, 0.6) is 0 Å². The van der Waals surface area contributed by atoms with Crippen molar-refractivity contribution in [3.63, 3.8) is 0 Å². The summed E-state index contributed by atoms with van der Waals surface area (Å²) >= 11 is 0. The maximum atomic E-state index is 11.8. The standard InChI is InChI=1S/C16H22N2O5/c1-12(19)23-15(20)14(9-5-6-10-17)18-16(21)22-11-13-7-3-2-4-8-13/h2-4,7-8,14H,5-6,9-11,17H2,1H3,(H,18,21)/t14-/m0/s1. The van der Waals surface area contributed by atoms with E-state index >= 15 is 0 Å². The average Bonchev–Trinajstić information content (AvgIpc) is 2.52. The first-order valence-corrected chi connectivity index (χ1v) is 7.42. The van der Waals surface area contributed by atoms with Crippen LogP contribution in [0.15, 0.2) is 30.3 Å². The zero-order chi connectivity index (χ0) is 17.1. The molecule has 0 aliphatic rings. The van der Waals surface area contributed by atoms with Crippen molar-refractivity contribution in [2.75, 3.05) is 6.54 Å². The van der Waals surface area contributed by atoms with Crippen molar-refractivity contribution in [3.05, 3.63) is 35.9 Å². The zero-order valence-corrected chi connectivity index (χ0v) is 13.1. The van der Waals surface area contributed by atoms with Crippen molar-refractivity contribution >= 4 is 18.0 Å². The number of nitrogens with two attached hydrogens (primary N) is 1. The monoisotopic (exact) mass is 322 g/mol. The van der Waals surface area contributed by atoms with Gasteiger partial charge in [0.1, 0.15) is 12.6 Å². The van der Waals surface area contributed by atoms with Gasteiger partial charge in [0.15, 0.2) is 0 Å². The Labute approximate surface area is 135 Å². The number of carbonyl (C=O) groups excluding carboxylic acids is 3. The van der Waals surface area contributed by atoms with Gasteiger partial charge in [-0.25, -0.2) is 9.59 Å². The summed E-state index contributed by atoms with van der Waals surface area (Å²) in [7, 11) is 0. The van der Waals surface area contributed by atoms with Crippen LogP contribution >= 0.6 is 0 Å². The number of carbonyl (C=O) groups is 3. The fourth-order valence-corrected chi connectivity index (χ4v) is 1.86. The molecule has 1 amide bonds. The van der Waals surface area contributed by atoms with Gasteiger partial charge in [0.25, 0.3) is 0 Å². The number of nitrogens with one attached hydrogen (secondary N) is 1. The molecule has 0 saturated carbocycles. The van der Waals surface area contributed by atoms with Gasteiger partial charge in [-0.15, -0.1) is 0 Å². The van der Waals surface area contributed by atoms with E-state index in [1.165, 1.54) is 0 Å². The minimum absolute atomic E-state index is 0.0873. The molecule has 7 nitrogen and oxygen atoms in total. The molecule has 0 aliphatic heterocycles. The SMILES string of the molecule is CC(=O)OC(=O)[C@H](CCCCN)NC(=O)OCc1ccccc1. The molecule has 0 radical (unpaired) electrons. The second-order valence-electron chi connectivity index (χ2n) is 4.96. The van der Waals surface area contributed by atoms with E-state index in [4.69, 9.17) is 10.5 Å². The number of amides is 1. The molecule has 0 aliphatic carbocycles. The zero-order valence-electron chi connectivity index (χ0n) is 13.1. The van der Waals surface area contributed by atoms with Crippen molar-refractivity contribution in [2.24, 2.45) is 5.73 Å².